The lowest BCUT2D eigenvalue weighted by Crippen LogP contribution is -2.31. The number of nitrogens with zero attached hydrogens (tertiary/aromatic N) is 1. The first-order chi connectivity index (χ1) is 11.9. The summed E-state index contributed by atoms with van der Waals surface area (Å²) in [6.45, 7) is 5.49. The van der Waals surface area contributed by atoms with Crippen LogP contribution in [0.5, 0.6) is 0 Å². The van der Waals surface area contributed by atoms with Crippen molar-refractivity contribution in [1.82, 2.24) is 4.57 Å². The lowest BCUT2D eigenvalue weighted by atomic mass is 9.85. The maximum absolute atomic E-state index is 12.8. The first-order valence-electron chi connectivity index (χ1n) is 8.58. The fourth-order valence-electron chi connectivity index (χ4n) is 3.19. The quantitative estimate of drug-likeness (QED) is 0.576. The normalized spacial score (nSPS) is 15.5. The predicted octanol–water partition coefficient (Wildman–Crippen LogP) is 4.66. The number of ketones is 1. The molecule has 0 unspecified atom stereocenters. The summed E-state index contributed by atoms with van der Waals surface area (Å²) in [5.41, 5.74) is 3.30. The summed E-state index contributed by atoms with van der Waals surface area (Å²) in [5.74, 6) is -0.448. The Kier molecular flexibility index (Phi) is 5.00. The summed E-state index contributed by atoms with van der Waals surface area (Å²) >= 11 is 5.95. The Balaban J connectivity index is 1.82. The monoisotopic (exact) mass is 359 g/mol. The van der Waals surface area contributed by atoms with Crippen molar-refractivity contribution < 1.29 is 14.3 Å². The number of aromatic nitrogens is 1. The van der Waals surface area contributed by atoms with Crippen LogP contribution in [-0.4, -0.2) is 22.4 Å². The van der Waals surface area contributed by atoms with Gasteiger partial charge in [0.15, 0.2) is 6.10 Å². The van der Waals surface area contributed by atoms with Crippen LogP contribution in [-0.2, 0) is 9.53 Å². The number of benzene rings is 1. The van der Waals surface area contributed by atoms with E-state index in [2.05, 4.69) is 0 Å². The van der Waals surface area contributed by atoms with E-state index < -0.39 is 6.10 Å². The minimum Gasteiger partial charge on any atom is -0.454 e. The van der Waals surface area contributed by atoms with Gasteiger partial charge in [-0.15, -0.1) is 0 Å². The van der Waals surface area contributed by atoms with Crippen LogP contribution in [0.25, 0.3) is 5.69 Å². The number of aryl methyl sites for hydroxylation is 1. The number of halogens is 1. The fourth-order valence-corrected chi connectivity index (χ4v) is 3.31. The Labute approximate surface area is 152 Å². The summed E-state index contributed by atoms with van der Waals surface area (Å²) < 4.78 is 7.38. The topological polar surface area (TPSA) is 48.3 Å². The molecule has 3 rings (SSSR count). The molecule has 0 aliphatic heterocycles. The van der Waals surface area contributed by atoms with Crippen LogP contribution >= 0.6 is 11.6 Å². The van der Waals surface area contributed by atoms with Crippen molar-refractivity contribution >= 4 is 23.4 Å². The van der Waals surface area contributed by atoms with E-state index >= 15 is 0 Å². The lowest BCUT2D eigenvalue weighted by molar-refractivity contribution is -0.154. The largest absolute Gasteiger partial charge is 0.454 e. The molecule has 1 fully saturated rings. The lowest BCUT2D eigenvalue weighted by Gasteiger charge is -2.24. The van der Waals surface area contributed by atoms with E-state index in [1.54, 1.807) is 6.92 Å². The summed E-state index contributed by atoms with van der Waals surface area (Å²) in [7, 11) is 0. The van der Waals surface area contributed by atoms with Crippen LogP contribution < -0.4 is 0 Å². The number of rotatable bonds is 5. The van der Waals surface area contributed by atoms with Gasteiger partial charge in [0.05, 0.1) is 5.92 Å². The molecule has 1 aliphatic rings. The van der Waals surface area contributed by atoms with Gasteiger partial charge in [-0.1, -0.05) is 18.0 Å². The van der Waals surface area contributed by atoms with Crippen molar-refractivity contribution in [3.05, 3.63) is 52.3 Å². The predicted molar refractivity (Wildman–Crippen MR) is 97.5 cm³/mol. The highest BCUT2D eigenvalue weighted by atomic mass is 35.5. The number of Topliss-reactive ketones (excluding diaryl/α,β-unsaturated/α-hetero) is 1. The summed E-state index contributed by atoms with van der Waals surface area (Å²) in [6, 6.07) is 9.31. The average molecular weight is 360 g/mol. The van der Waals surface area contributed by atoms with Crippen molar-refractivity contribution in [2.75, 3.05) is 0 Å². The van der Waals surface area contributed by atoms with Crippen molar-refractivity contribution in [3.8, 4) is 5.69 Å². The molecule has 132 valence electrons. The zero-order valence-electron chi connectivity index (χ0n) is 14.7. The van der Waals surface area contributed by atoms with Crippen LogP contribution in [0, 0.1) is 19.8 Å². The van der Waals surface area contributed by atoms with Crippen LogP contribution in [0.4, 0.5) is 0 Å². The molecule has 0 amide bonds. The summed E-state index contributed by atoms with van der Waals surface area (Å²) in [5, 5.41) is 0.666. The second kappa shape index (κ2) is 7.04. The van der Waals surface area contributed by atoms with E-state index in [0.29, 0.717) is 10.6 Å². The Morgan fingerprint density at radius 2 is 1.84 bits per heavy atom. The zero-order chi connectivity index (χ0) is 18.1. The van der Waals surface area contributed by atoms with Gasteiger partial charge < -0.3 is 9.30 Å². The van der Waals surface area contributed by atoms with Crippen LogP contribution in [0.2, 0.25) is 5.02 Å². The highest BCUT2D eigenvalue weighted by Crippen LogP contribution is 2.28. The first kappa shape index (κ1) is 17.7. The molecular weight excluding hydrogens is 338 g/mol. The van der Waals surface area contributed by atoms with Gasteiger partial charge in [-0.2, -0.15) is 0 Å². The second-order valence-corrected chi connectivity index (χ2v) is 7.10. The average Bonchev–Trinajstić information content (AvgIpc) is 2.80. The smallest absolute Gasteiger partial charge is 0.309 e. The third-order valence-corrected chi connectivity index (χ3v) is 5.13. The van der Waals surface area contributed by atoms with E-state index in [-0.39, 0.29) is 17.7 Å². The molecule has 0 bridgehead atoms. The molecule has 1 heterocycles. The first-order valence-corrected chi connectivity index (χ1v) is 8.96. The van der Waals surface area contributed by atoms with E-state index in [1.165, 1.54) is 0 Å². The molecule has 1 aromatic carbocycles. The van der Waals surface area contributed by atoms with Crippen molar-refractivity contribution in [3.63, 3.8) is 0 Å². The van der Waals surface area contributed by atoms with E-state index in [0.717, 1.165) is 36.3 Å². The van der Waals surface area contributed by atoms with Crippen molar-refractivity contribution in [1.29, 1.82) is 0 Å². The van der Waals surface area contributed by atoms with Gasteiger partial charge in [0.2, 0.25) is 5.78 Å². The zero-order valence-corrected chi connectivity index (χ0v) is 15.5. The molecule has 25 heavy (non-hydrogen) atoms. The number of hydrogen-bond acceptors (Lipinski definition) is 3. The van der Waals surface area contributed by atoms with Gasteiger partial charge in [0.1, 0.15) is 0 Å². The molecule has 0 spiro atoms. The van der Waals surface area contributed by atoms with E-state index in [1.807, 2.05) is 48.7 Å². The Bertz CT molecular complexity index is 803. The fraction of sp³-hybridized carbons (Fsp3) is 0.400. The Morgan fingerprint density at radius 3 is 2.40 bits per heavy atom. The molecule has 1 aliphatic carbocycles. The van der Waals surface area contributed by atoms with Crippen LogP contribution in [0.1, 0.15) is 47.9 Å². The van der Waals surface area contributed by atoms with Gasteiger partial charge in [0.25, 0.3) is 0 Å². The number of carbonyl (C=O) groups excluding carboxylic acids is 2. The molecule has 5 heteroatoms. The van der Waals surface area contributed by atoms with Crippen molar-refractivity contribution in [2.24, 2.45) is 5.92 Å². The molecule has 1 saturated carbocycles. The molecule has 0 radical (unpaired) electrons. The maximum Gasteiger partial charge on any atom is 0.309 e. The summed E-state index contributed by atoms with van der Waals surface area (Å²) in [6.07, 6.45) is 2.02. The molecule has 4 nitrogen and oxygen atoms in total. The van der Waals surface area contributed by atoms with Crippen LogP contribution in [0.15, 0.2) is 30.3 Å². The van der Waals surface area contributed by atoms with Gasteiger partial charge in [-0.05, 0) is 63.9 Å². The molecule has 1 aromatic heterocycles. The third-order valence-electron chi connectivity index (χ3n) is 4.88. The maximum atomic E-state index is 12.8. The number of hydrogen-bond donors (Lipinski definition) is 0. The minimum absolute atomic E-state index is 0.0308. The van der Waals surface area contributed by atoms with Gasteiger partial charge >= 0.3 is 5.97 Å². The highest BCUT2D eigenvalue weighted by Gasteiger charge is 2.30. The molecule has 1 atom stereocenters. The highest BCUT2D eigenvalue weighted by molar-refractivity contribution is 6.30. The van der Waals surface area contributed by atoms with Gasteiger partial charge in [0, 0.05) is 27.7 Å². The van der Waals surface area contributed by atoms with E-state index in [4.69, 9.17) is 16.3 Å². The van der Waals surface area contributed by atoms with Gasteiger partial charge in [-0.3, -0.25) is 9.59 Å². The molecule has 0 N–H and O–H groups in total. The molecule has 2 aromatic rings. The summed E-state index contributed by atoms with van der Waals surface area (Å²) in [4.78, 5) is 24.8. The molecular formula is C20H22ClNO3. The standard InChI is InChI=1S/C20H22ClNO3/c1-12-11-18(13(2)22(12)17-9-7-16(21)8-10-17)19(23)14(3)25-20(24)15-5-4-6-15/h7-11,14-15H,4-6H2,1-3H3/t14-/m1/s1. The van der Waals surface area contributed by atoms with Crippen molar-refractivity contribution in [2.45, 2.75) is 46.1 Å². The minimum atomic E-state index is -0.771. The van der Waals surface area contributed by atoms with Crippen LogP contribution in [0.3, 0.4) is 0 Å². The SMILES string of the molecule is Cc1cc(C(=O)[C@@H](C)OC(=O)C2CCC2)c(C)n1-c1ccc(Cl)cc1. The third kappa shape index (κ3) is 3.49. The number of esters is 1. The van der Waals surface area contributed by atoms with Gasteiger partial charge in [-0.25, -0.2) is 0 Å². The number of ether oxygens (including phenoxy) is 1. The number of carbonyl (C=O) groups is 2. The Morgan fingerprint density at radius 1 is 1.20 bits per heavy atom. The second-order valence-electron chi connectivity index (χ2n) is 6.67. The van der Waals surface area contributed by atoms with E-state index in [9.17, 15) is 9.59 Å². The Hall–Kier alpha value is -2.07. The molecule has 0 saturated heterocycles.